The van der Waals surface area contributed by atoms with Crippen LogP contribution in [0.1, 0.15) is 48.3 Å². The molecule has 0 spiro atoms. The SMILES string of the molecule is Cc1cccc(C)c1-c1cc2nc(n1)NSc1cccc(c1)C1CCN(CCC3(C(F)(F)F)CC3)CC1CO2. The highest BCUT2D eigenvalue weighted by atomic mass is 32.2. The Morgan fingerprint density at radius 2 is 1.85 bits per heavy atom. The number of nitrogens with zero attached hydrogens (tertiary/aromatic N) is 3. The van der Waals surface area contributed by atoms with E-state index in [0.717, 1.165) is 40.2 Å². The molecule has 0 amide bonds. The molecule has 2 unspecified atom stereocenters. The van der Waals surface area contributed by atoms with Gasteiger partial charge in [-0.3, -0.25) is 4.72 Å². The van der Waals surface area contributed by atoms with Crippen molar-refractivity contribution in [2.75, 3.05) is 31.0 Å². The second-order valence-electron chi connectivity index (χ2n) is 11.3. The van der Waals surface area contributed by atoms with Crippen LogP contribution in [-0.2, 0) is 0 Å². The Labute approximate surface area is 231 Å². The fourth-order valence-corrected chi connectivity index (χ4v) is 6.76. The summed E-state index contributed by atoms with van der Waals surface area (Å²) in [6.07, 6.45) is -2.52. The summed E-state index contributed by atoms with van der Waals surface area (Å²) in [6.45, 7) is 6.54. The number of benzene rings is 2. The van der Waals surface area contributed by atoms with Crippen LogP contribution in [0.4, 0.5) is 19.1 Å². The van der Waals surface area contributed by atoms with Crippen molar-refractivity contribution in [2.24, 2.45) is 11.3 Å². The van der Waals surface area contributed by atoms with Crippen LogP contribution < -0.4 is 9.46 Å². The molecule has 0 radical (unpaired) electrons. The summed E-state index contributed by atoms with van der Waals surface area (Å²) in [4.78, 5) is 12.7. The number of rotatable bonds is 4. The molecule has 5 nitrogen and oxygen atoms in total. The first-order valence-electron chi connectivity index (χ1n) is 13.6. The Balaban J connectivity index is 1.28. The number of likely N-dealkylation sites (tertiary alicyclic amines) is 1. The predicted molar refractivity (Wildman–Crippen MR) is 148 cm³/mol. The first-order chi connectivity index (χ1) is 18.7. The van der Waals surface area contributed by atoms with Gasteiger partial charge >= 0.3 is 6.18 Å². The molecular formula is C30H33F3N4OS. The summed E-state index contributed by atoms with van der Waals surface area (Å²) in [6, 6.07) is 16.6. The molecule has 2 atom stereocenters. The lowest BCUT2D eigenvalue weighted by atomic mass is 9.80. The first-order valence-corrected chi connectivity index (χ1v) is 14.4. The van der Waals surface area contributed by atoms with Crippen molar-refractivity contribution in [2.45, 2.75) is 56.5 Å². The van der Waals surface area contributed by atoms with E-state index in [-0.39, 0.29) is 31.1 Å². The number of nitrogens with one attached hydrogen (secondary N) is 1. The second-order valence-corrected chi connectivity index (χ2v) is 12.1. The molecule has 9 heteroatoms. The van der Waals surface area contributed by atoms with Crippen molar-refractivity contribution < 1.29 is 17.9 Å². The molecule has 3 aliphatic rings. The van der Waals surface area contributed by atoms with Crippen LogP contribution in [-0.4, -0.2) is 47.3 Å². The van der Waals surface area contributed by atoms with Crippen molar-refractivity contribution in [1.82, 2.24) is 14.9 Å². The summed E-state index contributed by atoms with van der Waals surface area (Å²) in [5, 5.41) is 0. The first kappa shape index (κ1) is 26.4. The van der Waals surface area contributed by atoms with Crippen LogP contribution in [0.15, 0.2) is 53.4 Å². The third kappa shape index (κ3) is 5.48. The predicted octanol–water partition coefficient (Wildman–Crippen LogP) is 7.41. The van der Waals surface area contributed by atoms with Gasteiger partial charge in [-0.05, 0) is 99.3 Å². The number of hydrogen-bond donors (Lipinski definition) is 1. The summed E-state index contributed by atoms with van der Waals surface area (Å²) in [5.41, 5.74) is 3.89. The third-order valence-electron chi connectivity index (χ3n) is 8.61. The van der Waals surface area contributed by atoms with Gasteiger partial charge in [0, 0.05) is 29.0 Å². The molecular weight excluding hydrogens is 521 g/mol. The van der Waals surface area contributed by atoms with Gasteiger partial charge in [-0.25, -0.2) is 4.98 Å². The molecule has 1 N–H and O–H groups in total. The molecule has 2 fully saturated rings. The van der Waals surface area contributed by atoms with Gasteiger partial charge in [-0.15, -0.1) is 0 Å². The van der Waals surface area contributed by atoms with Crippen LogP contribution in [0.25, 0.3) is 11.3 Å². The second kappa shape index (κ2) is 10.3. The largest absolute Gasteiger partial charge is 0.477 e. The molecule has 1 saturated carbocycles. The molecule has 1 saturated heterocycles. The van der Waals surface area contributed by atoms with Crippen molar-refractivity contribution in [1.29, 1.82) is 0 Å². The molecule has 39 heavy (non-hydrogen) atoms. The Morgan fingerprint density at radius 3 is 2.59 bits per heavy atom. The topological polar surface area (TPSA) is 50.3 Å². The van der Waals surface area contributed by atoms with Gasteiger partial charge < -0.3 is 9.64 Å². The third-order valence-corrected chi connectivity index (χ3v) is 9.39. The van der Waals surface area contributed by atoms with Crippen molar-refractivity contribution in [3.63, 3.8) is 0 Å². The molecule has 3 heterocycles. The quantitative estimate of drug-likeness (QED) is 0.339. The lowest BCUT2D eigenvalue weighted by Crippen LogP contribution is -2.43. The van der Waals surface area contributed by atoms with E-state index in [1.807, 2.05) is 12.1 Å². The summed E-state index contributed by atoms with van der Waals surface area (Å²) in [5.74, 6) is 1.37. The van der Waals surface area contributed by atoms with Gasteiger partial charge in [0.05, 0.1) is 17.7 Å². The molecule has 1 aliphatic carbocycles. The summed E-state index contributed by atoms with van der Waals surface area (Å²) >= 11 is 1.47. The molecule has 3 aromatic rings. The molecule has 2 aromatic carbocycles. The monoisotopic (exact) mass is 554 g/mol. The zero-order chi connectivity index (χ0) is 27.2. The van der Waals surface area contributed by atoms with E-state index in [0.29, 0.717) is 31.5 Å². The molecule has 6 rings (SSSR count). The van der Waals surface area contributed by atoms with E-state index >= 15 is 0 Å². The summed E-state index contributed by atoms with van der Waals surface area (Å²) < 4.78 is 50.3. The smallest absolute Gasteiger partial charge is 0.394 e. The Hall–Kier alpha value is -2.78. The average Bonchev–Trinajstić information content (AvgIpc) is 3.71. The van der Waals surface area contributed by atoms with Crippen molar-refractivity contribution in [3.05, 3.63) is 65.2 Å². The number of fused-ring (bicyclic) bond motifs is 6. The van der Waals surface area contributed by atoms with E-state index in [2.05, 4.69) is 64.9 Å². The fraction of sp³-hybridized carbons (Fsp3) is 0.467. The van der Waals surface area contributed by atoms with E-state index in [1.54, 1.807) is 0 Å². The van der Waals surface area contributed by atoms with Crippen molar-refractivity contribution >= 4 is 17.9 Å². The van der Waals surface area contributed by atoms with Gasteiger partial charge in [-0.1, -0.05) is 30.3 Å². The number of halogens is 3. The van der Waals surface area contributed by atoms with E-state index in [1.165, 1.54) is 17.5 Å². The number of anilines is 1. The molecule has 2 aliphatic heterocycles. The number of piperidine rings is 1. The number of alkyl halides is 3. The highest BCUT2D eigenvalue weighted by Gasteiger charge is 2.62. The highest BCUT2D eigenvalue weighted by Crippen LogP contribution is 2.60. The van der Waals surface area contributed by atoms with E-state index in [9.17, 15) is 13.2 Å². The minimum Gasteiger partial charge on any atom is -0.477 e. The number of hydrogen-bond acceptors (Lipinski definition) is 6. The Morgan fingerprint density at radius 1 is 1.08 bits per heavy atom. The van der Waals surface area contributed by atoms with Crippen LogP contribution in [0.5, 0.6) is 5.88 Å². The normalized spacial score (nSPS) is 22.5. The van der Waals surface area contributed by atoms with Gasteiger partial charge in [-0.2, -0.15) is 18.2 Å². The van der Waals surface area contributed by atoms with Crippen LogP contribution in [0.2, 0.25) is 0 Å². The minimum atomic E-state index is -4.11. The maximum atomic E-state index is 13.5. The zero-order valence-electron chi connectivity index (χ0n) is 22.2. The number of aromatic nitrogens is 2. The minimum absolute atomic E-state index is 0.134. The molecule has 4 bridgehead atoms. The maximum absolute atomic E-state index is 13.5. The van der Waals surface area contributed by atoms with Crippen LogP contribution in [0.3, 0.4) is 0 Å². The molecule has 1 aromatic heterocycles. The lowest BCUT2D eigenvalue weighted by Gasteiger charge is -2.39. The van der Waals surface area contributed by atoms with Crippen molar-refractivity contribution in [3.8, 4) is 17.1 Å². The molecule has 206 valence electrons. The fourth-order valence-electron chi connectivity index (χ4n) is 6.11. The average molecular weight is 555 g/mol. The van der Waals surface area contributed by atoms with E-state index < -0.39 is 11.6 Å². The number of ether oxygens (including phenoxy) is 1. The summed E-state index contributed by atoms with van der Waals surface area (Å²) in [7, 11) is 0. The Kier molecular flexibility index (Phi) is 7.00. The maximum Gasteiger partial charge on any atom is 0.394 e. The van der Waals surface area contributed by atoms with Gasteiger partial charge in [0.1, 0.15) is 0 Å². The Bertz CT molecular complexity index is 1340. The van der Waals surface area contributed by atoms with E-state index in [4.69, 9.17) is 9.72 Å². The zero-order valence-corrected chi connectivity index (χ0v) is 23.0. The van der Waals surface area contributed by atoms with Gasteiger partial charge in [0.25, 0.3) is 0 Å². The van der Waals surface area contributed by atoms with Crippen LogP contribution >= 0.6 is 11.9 Å². The van der Waals surface area contributed by atoms with Gasteiger partial charge in [0.15, 0.2) is 0 Å². The standard InChI is InChI=1S/C30H33F3N4OS/c1-19-5-3-6-20(2)27(19)25-16-26-35-28(34-25)36-39-23-8-4-7-21(15-23)24-9-13-37(17-22(24)18-38-26)14-12-29(10-11-29)30(31,32)33/h3-8,15-16,22,24H,9-14,17-18H2,1-2H3,(H,34,35,36). The van der Waals surface area contributed by atoms with Gasteiger partial charge in [0.2, 0.25) is 11.8 Å². The number of aryl methyl sites for hydroxylation is 2. The highest BCUT2D eigenvalue weighted by molar-refractivity contribution is 8.00. The lowest BCUT2D eigenvalue weighted by molar-refractivity contribution is -0.190. The van der Waals surface area contributed by atoms with Crippen LogP contribution in [0, 0.1) is 25.2 Å².